The van der Waals surface area contributed by atoms with Gasteiger partial charge in [0.15, 0.2) is 17.4 Å². The van der Waals surface area contributed by atoms with Crippen LogP contribution in [-0.4, -0.2) is 37.2 Å². The van der Waals surface area contributed by atoms with E-state index in [-0.39, 0.29) is 17.4 Å². The Labute approximate surface area is 199 Å². The van der Waals surface area contributed by atoms with Crippen LogP contribution in [0.4, 0.5) is 0 Å². The van der Waals surface area contributed by atoms with Crippen molar-refractivity contribution in [3.63, 3.8) is 0 Å². The summed E-state index contributed by atoms with van der Waals surface area (Å²) in [5, 5.41) is 0. The van der Waals surface area contributed by atoms with Crippen molar-refractivity contribution in [3.8, 4) is 0 Å². The molecule has 30 heavy (non-hydrogen) atoms. The molecule has 182 valence electrons. The molecule has 0 bridgehead atoms. The van der Waals surface area contributed by atoms with Crippen LogP contribution in [0.5, 0.6) is 0 Å². The zero-order chi connectivity index (χ0) is 21.5. The van der Waals surface area contributed by atoms with Crippen molar-refractivity contribution < 1.29 is 18.1 Å². The van der Waals surface area contributed by atoms with Gasteiger partial charge in [0.1, 0.15) is 0 Å². The molecule has 4 nitrogen and oxygen atoms in total. The first-order valence-electron chi connectivity index (χ1n) is 12.7. The molecule has 0 heterocycles. The van der Waals surface area contributed by atoms with E-state index in [0.29, 0.717) is 19.8 Å². The molecule has 6 heteroatoms. The number of unbranched alkanes of at least 4 members (excludes halogenated alkanes) is 15. The summed E-state index contributed by atoms with van der Waals surface area (Å²) in [5.74, 6) is 0. The van der Waals surface area contributed by atoms with Crippen molar-refractivity contribution in [1.29, 1.82) is 0 Å². The van der Waals surface area contributed by atoms with Crippen LogP contribution in [-0.2, 0) is 18.1 Å². The highest BCUT2D eigenvalue weighted by molar-refractivity contribution is 7.48. The molecule has 0 aromatic carbocycles. The minimum absolute atomic E-state index is 0. The standard InChI is InChI=1S/C24H51O4P.Al.3H/c1-4-7-10-13-16-19-22-26-29(25,27-23-20-17-14-11-8-5-2)28-24-21-18-15-12-9-6-3;;;;/h4-24H2,1-3H3;;;;. The van der Waals surface area contributed by atoms with Crippen molar-refractivity contribution in [2.24, 2.45) is 0 Å². The Bertz CT molecular complexity index is 317. The third-order valence-electron chi connectivity index (χ3n) is 5.24. The molecular weight excluding hydrogens is 410 g/mol. The molecule has 0 aromatic rings. The molecule has 0 amide bonds. The Balaban J connectivity index is 0. The molecule has 0 aliphatic heterocycles. The fourth-order valence-electron chi connectivity index (χ4n) is 3.29. The van der Waals surface area contributed by atoms with Crippen LogP contribution in [0.2, 0.25) is 0 Å². The number of rotatable bonds is 24. The largest absolute Gasteiger partial charge is 0.474 e. The van der Waals surface area contributed by atoms with Gasteiger partial charge in [0, 0.05) is 0 Å². The molecule has 0 saturated heterocycles. The van der Waals surface area contributed by atoms with E-state index in [9.17, 15) is 4.57 Å². The SMILES string of the molecule is CCCCCCCCOP(=O)(OCCCCCCCC)OCCCCCCCC.[AlH3]. The second-order valence-corrected chi connectivity index (χ2v) is 9.92. The molecule has 0 aliphatic carbocycles. The van der Waals surface area contributed by atoms with Gasteiger partial charge in [-0.05, 0) is 19.3 Å². The van der Waals surface area contributed by atoms with Gasteiger partial charge in [0.2, 0.25) is 0 Å². The van der Waals surface area contributed by atoms with Crippen molar-refractivity contribution in [1.82, 2.24) is 0 Å². The Hall–Kier alpha value is 0.642. The van der Waals surface area contributed by atoms with Gasteiger partial charge < -0.3 is 0 Å². The molecule has 0 rings (SSSR count). The zero-order valence-corrected chi connectivity index (χ0v) is 20.8. The number of phosphoric acid groups is 1. The number of hydrogen-bond donors (Lipinski definition) is 0. The van der Waals surface area contributed by atoms with Crippen molar-refractivity contribution >= 4 is 25.2 Å². The minimum Gasteiger partial charge on any atom is -0.287 e. The van der Waals surface area contributed by atoms with E-state index in [1.807, 2.05) is 0 Å². The maximum atomic E-state index is 13.0. The second kappa shape index (κ2) is 25.9. The van der Waals surface area contributed by atoms with Crippen molar-refractivity contribution in [2.45, 2.75) is 136 Å². The van der Waals surface area contributed by atoms with Gasteiger partial charge in [-0.3, -0.25) is 13.6 Å². The van der Waals surface area contributed by atoms with E-state index < -0.39 is 7.82 Å². The molecule has 0 fully saturated rings. The van der Waals surface area contributed by atoms with Gasteiger partial charge >= 0.3 is 7.82 Å². The van der Waals surface area contributed by atoms with Crippen LogP contribution < -0.4 is 0 Å². The third-order valence-corrected chi connectivity index (χ3v) is 6.74. The Kier molecular flexibility index (Phi) is 28.3. The van der Waals surface area contributed by atoms with Crippen LogP contribution >= 0.6 is 7.82 Å². The molecule has 0 radical (unpaired) electrons. The van der Waals surface area contributed by atoms with Crippen LogP contribution in [0.1, 0.15) is 136 Å². The average Bonchev–Trinajstić information content (AvgIpc) is 2.72. The third kappa shape index (κ3) is 23.3. The van der Waals surface area contributed by atoms with Crippen LogP contribution in [0, 0.1) is 0 Å². The summed E-state index contributed by atoms with van der Waals surface area (Å²) >= 11 is 0. The highest BCUT2D eigenvalue weighted by Crippen LogP contribution is 2.50. The monoisotopic (exact) mass is 464 g/mol. The molecule has 0 saturated carbocycles. The summed E-state index contributed by atoms with van der Waals surface area (Å²) in [6.45, 7) is 8.08. The van der Waals surface area contributed by atoms with Gasteiger partial charge in [0.25, 0.3) is 0 Å². The summed E-state index contributed by atoms with van der Waals surface area (Å²) in [4.78, 5) is 0. The first-order chi connectivity index (χ1) is 14.2. The molecule has 0 spiro atoms. The van der Waals surface area contributed by atoms with E-state index in [1.54, 1.807) is 0 Å². The summed E-state index contributed by atoms with van der Waals surface area (Å²) in [6, 6.07) is 0. The predicted octanol–water partition coefficient (Wildman–Crippen LogP) is 8.04. The minimum atomic E-state index is -3.40. The molecule has 0 aliphatic rings. The second-order valence-electron chi connectivity index (χ2n) is 8.25. The average molecular weight is 465 g/mol. The van der Waals surface area contributed by atoms with E-state index in [4.69, 9.17) is 13.6 Å². The smallest absolute Gasteiger partial charge is 0.287 e. The summed E-state index contributed by atoms with van der Waals surface area (Å²) in [6.07, 6.45) is 21.3. The highest BCUT2D eigenvalue weighted by atomic mass is 31.2. The Morgan fingerprint density at radius 3 is 0.933 bits per heavy atom. The van der Waals surface area contributed by atoms with Gasteiger partial charge in [-0.1, -0.05) is 117 Å². The predicted molar refractivity (Wildman–Crippen MR) is 136 cm³/mol. The van der Waals surface area contributed by atoms with Crippen LogP contribution in [0.15, 0.2) is 0 Å². The van der Waals surface area contributed by atoms with Gasteiger partial charge in [-0.15, -0.1) is 0 Å². The van der Waals surface area contributed by atoms with E-state index in [1.165, 1.54) is 77.0 Å². The normalized spacial score (nSPS) is 11.6. The fraction of sp³-hybridized carbons (Fsp3) is 1.00. The lowest BCUT2D eigenvalue weighted by molar-refractivity contribution is 0.108. The summed E-state index contributed by atoms with van der Waals surface area (Å²) in [5.41, 5.74) is 0. The zero-order valence-electron chi connectivity index (χ0n) is 19.9. The van der Waals surface area contributed by atoms with Crippen LogP contribution in [0.3, 0.4) is 0 Å². The Morgan fingerprint density at radius 2 is 0.667 bits per heavy atom. The topological polar surface area (TPSA) is 44.8 Å². The highest BCUT2D eigenvalue weighted by Gasteiger charge is 2.26. The first-order valence-corrected chi connectivity index (χ1v) is 14.2. The van der Waals surface area contributed by atoms with E-state index in [2.05, 4.69) is 20.8 Å². The lowest BCUT2D eigenvalue weighted by atomic mass is 10.1. The molecule has 0 N–H and O–H groups in total. The summed E-state index contributed by atoms with van der Waals surface area (Å²) < 4.78 is 29.9. The molecule has 0 atom stereocenters. The van der Waals surface area contributed by atoms with Crippen LogP contribution in [0.25, 0.3) is 0 Å². The van der Waals surface area contributed by atoms with E-state index >= 15 is 0 Å². The molecule has 0 aromatic heterocycles. The van der Waals surface area contributed by atoms with Crippen molar-refractivity contribution in [3.05, 3.63) is 0 Å². The van der Waals surface area contributed by atoms with Gasteiger partial charge in [-0.2, -0.15) is 0 Å². The van der Waals surface area contributed by atoms with E-state index in [0.717, 1.165) is 38.5 Å². The van der Waals surface area contributed by atoms with Crippen molar-refractivity contribution in [2.75, 3.05) is 19.8 Å². The first kappa shape index (κ1) is 32.8. The number of phosphoric ester groups is 1. The molecule has 0 unspecified atom stereocenters. The molecular formula is C24H54AlO4P. The Morgan fingerprint density at radius 1 is 0.433 bits per heavy atom. The maximum Gasteiger partial charge on any atom is 0.474 e. The number of hydrogen-bond acceptors (Lipinski definition) is 4. The fourth-order valence-corrected chi connectivity index (χ4v) is 4.57. The maximum absolute atomic E-state index is 13.0. The lowest BCUT2D eigenvalue weighted by Gasteiger charge is -2.18. The van der Waals surface area contributed by atoms with Gasteiger partial charge in [0.05, 0.1) is 19.8 Å². The summed E-state index contributed by atoms with van der Waals surface area (Å²) in [7, 11) is -3.40. The quantitative estimate of drug-likeness (QED) is 0.0823. The van der Waals surface area contributed by atoms with Gasteiger partial charge in [-0.25, -0.2) is 4.57 Å². The lowest BCUT2D eigenvalue weighted by Crippen LogP contribution is -2.04.